The summed E-state index contributed by atoms with van der Waals surface area (Å²) in [5, 5.41) is 14.3. The summed E-state index contributed by atoms with van der Waals surface area (Å²) in [6, 6.07) is 4.46. The molecule has 0 aliphatic rings. The lowest BCUT2D eigenvalue weighted by atomic mass is 9.75. The van der Waals surface area contributed by atoms with Crippen LogP contribution in [-0.4, -0.2) is 12.2 Å². The van der Waals surface area contributed by atoms with Gasteiger partial charge in [-0.1, -0.05) is 68.4 Å². The highest BCUT2D eigenvalue weighted by molar-refractivity contribution is 5.50. The molecule has 2 N–H and O–H groups in total. The number of phenolic OH excluding ortho intramolecular Hbond substituents is 1. The molecule has 126 valence electrons. The number of benzene rings is 1. The Labute approximate surface area is 137 Å². The second kappa shape index (κ2) is 5.88. The molecule has 0 heterocycles. The van der Waals surface area contributed by atoms with Crippen LogP contribution in [0.1, 0.15) is 85.0 Å². The number of rotatable bonds is 2. The smallest absolute Gasteiger partial charge is 0.124 e. The highest BCUT2D eigenvalue weighted by Crippen LogP contribution is 2.44. The average Bonchev–Trinajstić information content (AvgIpc) is 2.27. The van der Waals surface area contributed by atoms with E-state index < -0.39 is 0 Å². The van der Waals surface area contributed by atoms with Crippen LogP contribution in [-0.2, 0) is 10.8 Å². The zero-order valence-electron chi connectivity index (χ0n) is 16.2. The van der Waals surface area contributed by atoms with Gasteiger partial charge in [0.15, 0.2) is 0 Å². The largest absolute Gasteiger partial charge is 0.507 e. The predicted molar refractivity (Wildman–Crippen MR) is 96.8 cm³/mol. The van der Waals surface area contributed by atoms with Crippen molar-refractivity contribution in [3.05, 3.63) is 28.8 Å². The average molecular weight is 306 g/mol. The van der Waals surface area contributed by atoms with Crippen LogP contribution in [0.15, 0.2) is 12.1 Å². The van der Waals surface area contributed by atoms with E-state index in [-0.39, 0.29) is 22.3 Å². The predicted octanol–water partition coefficient (Wildman–Crippen LogP) is 5.29. The van der Waals surface area contributed by atoms with Crippen LogP contribution in [0.2, 0.25) is 0 Å². The summed E-state index contributed by atoms with van der Waals surface area (Å²) in [5.41, 5.74) is 3.30. The first kappa shape index (κ1) is 19.0. The molecule has 0 unspecified atom stereocenters. The maximum atomic E-state index is 10.9. The van der Waals surface area contributed by atoms with E-state index >= 15 is 0 Å². The highest BCUT2D eigenvalue weighted by atomic mass is 16.3. The Kier molecular flexibility index (Phi) is 5.09. The molecule has 0 aromatic heterocycles. The summed E-state index contributed by atoms with van der Waals surface area (Å²) in [7, 11) is 1.97. The molecule has 0 radical (unpaired) electrons. The van der Waals surface area contributed by atoms with Crippen molar-refractivity contribution in [3.8, 4) is 5.75 Å². The van der Waals surface area contributed by atoms with E-state index in [1.807, 2.05) is 7.05 Å². The molecular formula is C20H35NO. The Hall–Kier alpha value is -1.02. The fourth-order valence-electron chi connectivity index (χ4n) is 2.94. The van der Waals surface area contributed by atoms with Crippen molar-refractivity contribution in [1.82, 2.24) is 5.32 Å². The first-order valence-corrected chi connectivity index (χ1v) is 8.24. The number of aromatic hydroxyl groups is 1. The first-order chi connectivity index (χ1) is 9.69. The Balaban J connectivity index is 3.70. The number of phenols is 1. The van der Waals surface area contributed by atoms with Gasteiger partial charge < -0.3 is 10.4 Å². The van der Waals surface area contributed by atoms with Gasteiger partial charge in [0.25, 0.3) is 0 Å². The topological polar surface area (TPSA) is 32.3 Å². The molecule has 0 aliphatic carbocycles. The van der Waals surface area contributed by atoms with Gasteiger partial charge in [0.1, 0.15) is 5.75 Å². The van der Waals surface area contributed by atoms with E-state index in [1.165, 1.54) is 5.56 Å². The molecule has 0 spiro atoms. The van der Waals surface area contributed by atoms with Gasteiger partial charge in [-0.05, 0) is 40.5 Å². The van der Waals surface area contributed by atoms with E-state index in [1.54, 1.807) is 0 Å². The third-order valence-corrected chi connectivity index (χ3v) is 4.28. The minimum Gasteiger partial charge on any atom is -0.507 e. The van der Waals surface area contributed by atoms with Crippen molar-refractivity contribution < 1.29 is 5.11 Å². The van der Waals surface area contributed by atoms with Crippen LogP contribution in [0.25, 0.3) is 0 Å². The van der Waals surface area contributed by atoms with Crippen molar-refractivity contribution in [1.29, 1.82) is 0 Å². The van der Waals surface area contributed by atoms with Gasteiger partial charge in [0, 0.05) is 11.6 Å². The van der Waals surface area contributed by atoms with E-state index in [0.717, 1.165) is 11.1 Å². The van der Waals surface area contributed by atoms with Gasteiger partial charge in [-0.15, -0.1) is 0 Å². The lowest BCUT2D eigenvalue weighted by Gasteiger charge is -2.35. The van der Waals surface area contributed by atoms with Gasteiger partial charge in [-0.25, -0.2) is 0 Å². The summed E-state index contributed by atoms with van der Waals surface area (Å²) in [6.07, 6.45) is 0. The van der Waals surface area contributed by atoms with Crippen LogP contribution >= 0.6 is 0 Å². The van der Waals surface area contributed by atoms with E-state index in [0.29, 0.717) is 5.75 Å². The summed E-state index contributed by atoms with van der Waals surface area (Å²) < 4.78 is 0. The second-order valence-electron chi connectivity index (χ2n) is 9.55. The molecule has 1 aromatic rings. The van der Waals surface area contributed by atoms with Crippen molar-refractivity contribution in [2.24, 2.45) is 5.41 Å². The van der Waals surface area contributed by atoms with Gasteiger partial charge in [0.2, 0.25) is 0 Å². The Morgan fingerprint density at radius 2 is 1.36 bits per heavy atom. The zero-order valence-corrected chi connectivity index (χ0v) is 16.2. The molecule has 0 aliphatic heterocycles. The van der Waals surface area contributed by atoms with Crippen LogP contribution in [0.5, 0.6) is 5.75 Å². The van der Waals surface area contributed by atoms with Gasteiger partial charge >= 0.3 is 0 Å². The lowest BCUT2D eigenvalue weighted by Crippen LogP contribution is -2.31. The summed E-state index contributed by atoms with van der Waals surface area (Å²) in [5.74, 6) is 0.440. The molecule has 1 rings (SSSR count). The van der Waals surface area contributed by atoms with Crippen LogP contribution < -0.4 is 5.32 Å². The maximum Gasteiger partial charge on any atom is 0.124 e. The maximum absolute atomic E-state index is 10.9. The van der Waals surface area contributed by atoms with Gasteiger partial charge in [-0.2, -0.15) is 0 Å². The third-order valence-electron chi connectivity index (χ3n) is 4.28. The Morgan fingerprint density at radius 3 is 1.68 bits per heavy atom. The zero-order chi connectivity index (χ0) is 17.5. The van der Waals surface area contributed by atoms with Crippen LogP contribution in [0, 0.1) is 5.41 Å². The molecule has 2 heteroatoms. The van der Waals surface area contributed by atoms with Crippen LogP contribution in [0.3, 0.4) is 0 Å². The van der Waals surface area contributed by atoms with E-state index in [2.05, 4.69) is 79.8 Å². The standard InChI is InChI=1S/C20H35NO/c1-18(2,3)13-11-14(17(21-10)20(7,8)9)16(22)15(12-13)19(4,5)6/h11-12,17,21-22H,1-10H3/t17-/m0/s1. The first-order valence-electron chi connectivity index (χ1n) is 8.24. The SMILES string of the molecule is CN[C@@H](c1cc(C(C)(C)C)cc(C(C)(C)C)c1O)C(C)(C)C. The Morgan fingerprint density at radius 1 is 0.864 bits per heavy atom. The molecule has 1 atom stereocenters. The number of nitrogens with one attached hydrogen (secondary N) is 1. The molecule has 2 nitrogen and oxygen atoms in total. The van der Waals surface area contributed by atoms with Gasteiger partial charge in [0.05, 0.1) is 0 Å². The molecule has 0 amide bonds. The molecule has 22 heavy (non-hydrogen) atoms. The highest BCUT2D eigenvalue weighted by Gasteiger charge is 2.32. The molecule has 0 fully saturated rings. The minimum atomic E-state index is -0.0870. The molecule has 0 saturated heterocycles. The van der Waals surface area contributed by atoms with E-state index in [9.17, 15) is 5.11 Å². The third kappa shape index (κ3) is 4.04. The molecular weight excluding hydrogens is 270 g/mol. The van der Waals surface area contributed by atoms with Crippen molar-refractivity contribution >= 4 is 0 Å². The number of hydrogen-bond acceptors (Lipinski definition) is 2. The summed E-state index contributed by atoms with van der Waals surface area (Å²) >= 11 is 0. The molecule has 0 saturated carbocycles. The normalized spacial score (nSPS) is 15.0. The van der Waals surface area contributed by atoms with Gasteiger partial charge in [-0.3, -0.25) is 0 Å². The van der Waals surface area contributed by atoms with Crippen molar-refractivity contribution in [2.45, 2.75) is 79.2 Å². The van der Waals surface area contributed by atoms with E-state index in [4.69, 9.17) is 0 Å². The number of hydrogen-bond donors (Lipinski definition) is 2. The fraction of sp³-hybridized carbons (Fsp3) is 0.700. The minimum absolute atomic E-state index is 0.0257. The molecule has 1 aromatic carbocycles. The van der Waals surface area contributed by atoms with Crippen molar-refractivity contribution in [2.75, 3.05) is 7.05 Å². The quantitative estimate of drug-likeness (QED) is 0.777. The molecule has 0 bridgehead atoms. The second-order valence-corrected chi connectivity index (χ2v) is 9.55. The Bertz CT molecular complexity index is 524. The van der Waals surface area contributed by atoms with Crippen molar-refractivity contribution in [3.63, 3.8) is 0 Å². The lowest BCUT2D eigenvalue weighted by molar-refractivity contribution is 0.278. The fourth-order valence-corrected chi connectivity index (χ4v) is 2.94. The summed E-state index contributed by atoms with van der Waals surface area (Å²) in [4.78, 5) is 0. The summed E-state index contributed by atoms with van der Waals surface area (Å²) in [6.45, 7) is 19.7. The monoisotopic (exact) mass is 305 g/mol. The van der Waals surface area contributed by atoms with Crippen LogP contribution in [0.4, 0.5) is 0 Å².